The number of amides is 2. The summed E-state index contributed by atoms with van der Waals surface area (Å²) >= 11 is 0. The number of fused-ring (bicyclic) bond motifs is 1. The Morgan fingerprint density at radius 3 is 2.19 bits per heavy atom. The van der Waals surface area contributed by atoms with E-state index in [4.69, 9.17) is 9.47 Å². The Hall–Kier alpha value is -2.24. The van der Waals surface area contributed by atoms with Gasteiger partial charge in [0, 0.05) is 23.6 Å². The van der Waals surface area contributed by atoms with Crippen LogP contribution < -0.4 is 20.1 Å². The Labute approximate surface area is 184 Å². The number of rotatable bonds is 5. The molecule has 1 aromatic carbocycles. The quantitative estimate of drug-likeness (QED) is 0.742. The summed E-state index contributed by atoms with van der Waals surface area (Å²) in [5.41, 5.74) is 0.404. The Kier molecular flexibility index (Phi) is 5.35. The van der Waals surface area contributed by atoms with E-state index in [1.165, 1.54) is 19.3 Å². The van der Waals surface area contributed by atoms with Gasteiger partial charge in [-0.05, 0) is 74.3 Å². The standard InChI is InChI=1S/C25H34N2O4/c1-15(2)22(23(28)26-19-4-5-20-21(11-19)31-7-3-6-30-20)27-24(29)25-12-16-8-17(13-25)10-18(9-16)14-25/h4-5,11,15-18,22H,3,6-10,12-14H2,1-2H3,(H,26,28)(H,27,29). The lowest BCUT2D eigenvalue weighted by atomic mass is 9.49. The largest absolute Gasteiger partial charge is 0.490 e. The molecular weight excluding hydrogens is 392 g/mol. The van der Waals surface area contributed by atoms with Crippen molar-refractivity contribution >= 4 is 17.5 Å². The minimum absolute atomic E-state index is 0.00160. The maximum Gasteiger partial charge on any atom is 0.247 e. The van der Waals surface area contributed by atoms with Gasteiger partial charge in [0.2, 0.25) is 11.8 Å². The van der Waals surface area contributed by atoms with Crippen molar-refractivity contribution in [3.05, 3.63) is 18.2 Å². The molecule has 0 saturated heterocycles. The van der Waals surface area contributed by atoms with E-state index in [0.717, 1.165) is 25.7 Å². The van der Waals surface area contributed by atoms with Crippen molar-refractivity contribution in [2.75, 3.05) is 18.5 Å². The average Bonchev–Trinajstić information content (AvgIpc) is 2.95. The molecule has 1 heterocycles. The molecule has 31 heavy (non-hydrogen) atoms. The maximum absolute atomic E-state index is 13.5. The third-order valence-electron chi connectivity index (χ3n) is 7.77. The van der Waals surface area contributed by atoms with E-state index in [9.17, 15) is 9.59 Å². The van der Waals surface area contributed by atoms with Gasteiger partial charge < -0.3 is 20.1 Å². The second-order valence-electron chi connectivity index (χ2n) is 10.6. The summed E-state index contributed by atoms with van der Waals surface area (Å²) in [6, 6.07) is 4.89. The summed E-state index contributed by atoms with van der Waals surface area (Å²) < 4.78 is 11.4. The normalized spacial score (nSPS) is 31.8. The molecule has 6 rings (SSSR count). The van der Waals surface area contributed by atoms with Crippen LogP contribution in [-0.4, -0.2) is 31.1 Å². The fourth-order valence-corrected chi connectivity index (χ4v) is 6.68. The molecule has 6 heteroatoms. The first-order valence-electron chi connectivity index (χ1n) is 11.9. The molecule has 168 valence electrons. The molecule has 4 saturated carbocycles. The minimum Gasteiger partial charge on any atom is -0.490 e. The van der Waals surface area contributed by atoms with Crippen molar-refractivity contribution in [3.8, 4) is 11.5 Å². The van der Waals surface area contributed by atoms with Crippen LogP contribution in [0.15, 0.2) is 18.2 Å². The van der Waals surface area contributed by atoms with E-state index in [1.807, 2.05) is 26.0 Å². The van der Waals surface area contributed by atoms with E-state index in [0.29, 0.717) is 48.2 Å². The number of benzene rings is 1. The van der Waals surface area contributed by atoms with Crippen molar-refractivity contribution in [3.63, 3.8) is 0 Å². The first kappa shape index (κ1) is 20.7. The summed E-state index contributed by atoms with van der Waals surface area (Å²) in [4.78, 5) is 26.6. The van der Waals surface area contributed by atoms with Crippen molar-refractivity contribution in [1.82, 2.24) is 5.32 Å². The number of nitrogens with one attached hydrogen (secondary N) is 2. The molecule has 0 radical (unpaired) electrons. The van der Waals surface area contributed by atoms with Gasteiger partial charge in [-0.1, -0.05) is 13.8 Å². The minimum atomic E-state index is -0.559. The molecule has 2 N–H and O–H groups in total. The molecule has 1 unspecified atom stereocenters. The predicted octanol–water partition coefficient (Wildman–Crippen LogP) is 4.14. The van der Waals surface area contributed by atoms with Crippen LogP contribution in [0.5, 0.6) is 11.5 Å². The highest BCUT2D eigenvalue weighted by Crippen LogP contribution is 2.60. The van der Waals surface area contributed by atoms with Crippen LogP contribution in [0, 0.1) is 29.1 Å². The van der Waals surface area contributed by atoms with Crippen molar-refractivity contribution < 1.29 is 19.1 Å². The second-order valence-corrected chi connectivity index (χ2v) is 10.6. The highest BCUT2D eigenvalue weighted by atomic mass is 16.5. The number of anilines is 1. The fourth-order valence-electron chi connectivity index (χ4n) is 6.68. The lowest BCUT2D eigenvalue weighted by Crippen LogP contribution is -2.57. The summed E-state index contributed by atoms with van der Waals surface area (Å²) in [5, 5.41) is 6.14. The number of ether oxygens (including phenoxy) is 2. The van der Waals surface area contributed by atoms with Crippen LogP contribution >= 0.6 is 0 Å². The van der Waals surface area contributed by atoms with Crippen LogP contribution in [0.2, 0.25) is 0 Å². The van der Waals surface area contributed by atoms with Crippen LogP contribution in [0.4, 0.5) is 5.69 Å². The van der Waals surface area contributed by atoms with Gasteiger partial charge in [-0.2, -0.15) is 0 Å². The predicted molar refractivity (Wildman–Crippen MR) is 118 cm³/mol. The molecule has 1 atom stereocenters. The first-order chi connectivity index (χ1) is 14.9. The summed E-state index contributed by atoms with van der Waals surface area (Å²) in [7, 11) is 0. The van der Waals surface area contributed by atoms with Gasteiger partial charge in [-0.3, -0.25) is 9.59 Å². The lowest BCUT2D eigenvalue weighted by Gasteiger charge is -2.55. The van der Waals surface area contributed by atoms with Crippen molar-refractivity contribution in [1.29, 1.82) is 0 Å². The van der Waals surface area contributed by atoms with Gasteiger partial charge in [0.15, 0.2) is 11.5 Å². The maximum atomic E-state index is 13.5. The summed E-state index contributed by atoms with van der Waals surface area (Å²) in [6.07, 6.45) is 7.72. The van der Waals surface area contributed by atoms with E-state index in [1.54, 1.807) is 6.07 Å². The Morgan fingerprint density at radius 1 is 0.968 bits per heavy atom. The lowest BCUT2D eigenvalue weighted by molar-refractivity contribution is -0.148. The average molecular weight is 427 g/mol. The summed E-state index contributed by atoms with van der Waals surface area (Å²) in [5.74, 6) is 3.36. The first-order valence-corrected chi connectivity index (χ1v) is 11.9. The molecule has 1 aliphatic heterocycles. The van der Waals surface area contributed by atoms with E-state index in [2.05, 4.69) is 10.6 Å². The van der Waals surface area contributed by atoms with Gasteiger partial charge in [0.1, 0.15) is 6.04 Å². The van der Waals surface area contributed by atoms with Gasteiger partial charge in [0.05, 0.1) is 13.2 Å². The molecular formula is C25H34N2O4. The number of hydrogen-bond acceptors (Lipinski definition) is 4. The van der Waals surface area contributed by atoms with E-state index in [-0.39, 0.29) is 23.1 Å². The third-order valence-corrected chi connectivity index (χ3v) is 7.77. The fraction of sp³-hybridized carbons (Fsp3) is 0.680. The molecule has 0 aromatic heterocycles. The van der Waals surface area contributed by atoms with E-state index >= 15 is 0 Å². The van der Waals surface area contributed by atoms with Gasteiger partial charge in [-0.25, -0.2) is 0 Å². The number of carbonyl (C=O) groups excluding carboxylic acids is 2. The topological polar surface area (TPSA) is 76.7 Å². The van der Waals surface area contributed by atoms with Crippen LogP contribution in [0.25, 0.3) is 0 Å². The molecule has 1 aromatic rings. The molecule has 0 spiro atoms. The van der Waals surface area contributed by atoms with Crippen molar-refractivity contribution in [2.24, 2.45) is 29.1 Å². The van der Waals surface area contributed by atoms with Gasteiger partial charge in [0.25, 0.3) is 0 Å². The number of hydrogen-bond donors (Lipinski definition) is 2. The zero-order valence-electron chi connectivity index (χ0n) is 18.6. The Morgan fingerprint density at radius 2 is 1.58 bits per heavy atom. The zero-order valence-corrected chi connectivity index (χ0v) is 18.6. The van der Waals surface area contributed by atoms with Gasteiger partial charge >= 0.3 is 0 Å². The van der Waals surface area contributed by atoms with Crippen LogP contribution in [0.3, 0.4) is 0 Å². The highest BCUT2D eigenvalue weighted by Gasteiger charge is 2.55. The monoisotopic (exact) mass is 426 g/mol. The highest BCUT2D eigenvalue weighted by molar-refractivity contribution is 5.98. The second kappa shape index (κ2) is 8.03. The van der Waals surface area contributed by atoms with Crippen LogP contribution in [-0.2, 0) is 9.59 Å². The molecule has 4 aliphatic carbocycles. The van der Waals surface area contributed by atoms with Crippen molar-refractivity contribution in [2.45, 2.75) is 64.8 Å². The van der Waals surface area contributed by atoms with Gasteiger partial charge in [-0.15, -0.1) is 0 Å². The Bertz CT molecular complexity index is 830. The molecule has 4 bridgehead atoms. The molecule has 6 nitrogen and oxygen atoms in total. The Balaban J connectivity index is 1.28. The molecule has 5 aliphatic rings. The smallest absolute Gasteiger partial charge is 0.247 e. The SMILES string of the molecule is CC(C)C(NC(=O)C12CC3CC(CC(C3)C1)C2)C(=O)Nc1ccc2c(c1)OCCCO2. The molecule has 4 fully saturated rings. The third kappa shape index (κ3) is 4.01. The van der Waals surface area contributed by atoms with Crippen LogP contribution in [0.1, 0.15) is 58.8 Å². The number of carbonyl (C=O) groups is 2. The summed E-state index contributed by atoms with van der Waals surface area (Å²) in [6.45, 7) is 5.20. The zero-order chi connectivity index (χ0) is 21.6. The molecule has 2 amide bonds. The van der Waals surface area contributed by atoms with E-state index < -0.39 is 6.04 Å².